The standard InChI is InChI=1S/C14H24N2O3/c1-16(2)8-7-15-12(10-17)11-5-6-13(18-3)14(9-11)19-4/h5-6,9,12,15,17H,7-8,10H2,1-4H3. The van der Waals surface area contributed by atoms with E-state index in [-0.39, 0.29) is 12.6 Å². The molecule has 1 atom stereocenters. The summed E-state index contributed by atoms with van der Waals surface area (Å²) in [5, 5.41) is 12.8. The Morgan fingerprint density at radius 1 is 1.21 bits per heavy atom. The van der Waals surface area contributed by atoms with Gasteiger partial charge in [-0.25, -0.2) is 0 Å². The van der Waals surface area contributed by atoms with Crippen molar-refractivity contribution in [3.05, 3.63) is 23.8 Å². The molecule has 5 heteroatoms. The highest BCUT2D eigenvalue weighted by atomic mass is 16.5. The number of benzene rings is 1. The summed E-state index contributed by atoms with van der Waals surface area (Å²) in [5.41, 5.74) is 0.985. The summed E-state index contributed by atoms with van der Waals surface area (Å²) in [6.45, 7) is 1.78. The van der Waals surface area contributed by atoms with E-state index < -0.39 is 0 Å². The fraction of sp³-hybridized carbons (Fsp3) is 0.571. The number of hydrogen-bond donors (Lipinski definition) is 2. The third-order valence-electron chi connectivity index (χ3n) is 2.94. The number of aliphatic hydroxyl groups excluding tert-OH is 1. The van der Waals surface area contributed by atoms with Gasteiger partial charge >= 0.3 is 0 Å². The van der Waals surface area contributed by atoms with Crippen LogP contribution in [0.15, 0.2) is 18.2 Å². The van der Waals surface area contributed by atoms with Crippen LogP contribution in [0.2, 0.25) is 0 Å². The molecular formula is C14H24N2O3. The molecule has 0 saturated heterocycles. The minimum atomic E-state index is -0.0974. The zero-order valence-electron chi connectivity index (χ0n) is 12.1. The monoisotopic (exact) mass is 268 g/mol. The first-order chi connectivity index (χ1) is 9.12. The SMILES string of the molecule is COc1ccc(C(CO)NCCN(C)C)cc1OC. The van der Waals surface area contributed by atoms with Gasteiger partial charge in [-0.05, 0) is 31.8 Å². The van der Waals surface area contributed by atoms with Crippen molar-refractivity contribution >= 4 is 0 Å². The van der Waals surface area contributed by atoms with E-state index in [1.165, 1.54) is 0 Å². The predicted octanol–water partition coefficient (Wildman–Crippen LogP) is 0.888. The number of rotatable bonds is 8. The van der Waals surface area contributed by atoms with Gasteiger partial charge in [0.05, 0.1) is 26.9 Å². The normalized spacial score (nSPS) is 12.5. The van der Waals surface area contributed by atoms with E-state index >= 15 is 0 Å². The average molecular weight is 268 g/mol. The van der Waals surface area contributed by atoms with Crippen LogP contribution in [0, 0.1) is 0 Å². The Kier molecular flexibility index (Phi) is 6.62. The lowest BCUT2D eigenvalue weighted by molar-refractivity contribution is 0.240. The summed E-state index contributed by atoms with van der Waals surface area (Å²) in [5.74, 6) is 1.36. The summed E-state index contributed by atoms with van der Waals surface area (Å²) >= 11 is 0. The Morgan fingerprint density at radius 3 is 2.42 bits per heavy atom. The maximum absolute atomic E-state index is 9.49. The van der Waals surface area contributed by atoms with Gasteiger partial charge in [0, 0.05) is 13.1 Å². The van der Waals surface area contributed by atoms with Crippen molar-refractivity contribution in [3.63, 3.8) is 0 Å². The molecule has 5 nitrogen and oxygen atoms in total. The third-order valence-corrected chi connectivity index (χ3v) is 2.94. The molecule has 1 aromatic carbocycles. The zero-order chi connectivity index (χ0) is 14.3. The highest BCUT2D eigenvalue weighted by molar-refractivity contribution is 5.43. The molecule has 0 aliphatic carbocycles. The highest BCUT2D eigenvalue weighted by Gasteiger charge is 2.13. The number of nitrogens with zero attached hydrogens (tertiary/aromatic N) is 1. The van der Waals surface area contributed by atoms with Crippen LogP contribution in [-0.2, 0) is 0 Å². The number of aliphatic hydroxyl groups is 1. The smallest absolute Gasteiger partial charge is 0.161 e. The molecule has 0 aliphatic heterocycles. The van der Waals surface area contributed by atoms with Gasteiger partial charge in [-0.2, -0.15) is 0 Å². The van der Waals surface area contributed by atoms with Gasteiger partial charge in [0.2, 0.25) is 0 Å². The molecule has 1 unspecified atom stereocenters. The van der Waals surface area contributed by atoms with E-state index in [4.69, 9.17) is 9.47 Å². The topological polar surface area (TPSA) is 54.0 Å². The molecule has 0 fully saturated rings. The Hall–Kier alpha value is -1.30. The van der Waals surface area contributed by atoms with Gasteiger partial charge < -0.3 is 24.8 Å². The molecule has 19 heavy (non-hydrogen) atoms. The lowest BCUT2D eigenvalue weighted by Gasteiger charge is -2.19. The Bertz CT molecular complexity index is 383. The van der Waals surface area contributed by atoms with Crippen molar-refractivity contribution in [2.24, 2.45) is 0 Å². The van der Waals surface area contributed by atoms with Crippen LogP contribution in [0.3, 0.4) is 0 Å². The van der Waals surface area contributed by atoms with Crippen LogP contribution in [0.4, 0.5) is 0 Å². The van der Waals surface area contributed by atoms with Crippen LogP contribution < -0.4 is 14.8 Å². The molecule has 0 saturated carbocycles. The molecular weight excluding hydrogens is 244 g/mol. The number of methoxy groups -OCH3 is 2. The van der Waals surface area contributed by atoms with Gasteiger partial charge in [-0.15, -0.1) is 0 Å². The van der Waals surface area contributed by atoms with E-state index in [9.17, 15) is 5.11 Å². The van der Waals surface area contributed by atoms with E-state index in [0.29, 0.717) is 11.5 Å². The maximum atomic E-state index is 9.49. The third kappa shape index (κ3) is 4.70. The van der Waals surface area contributed by atoms with E-state index in [1.54, 1.807) is 14.2 Å². The Labute approximate surface area is 115 Å². The van der Waals surface area contributed by atoms with Crippen LogP contribution in [0.1, 0.15) is 11.6 Å². The van der Waals surface area contributed by atoms with Crippen molar-refractivity contribution in [2.45, 2.75) is 6.04 Å². The molecule has 0 bridgehead atoms. The predicted molar refractivity (Wildman–Crippen MR) is 75.9 cm³/mol. The summed E-state index contributed by atoms with van der Waals surface area (Å²) in [6, 6.07) is 5.58. The summed E-state index contributed by atoms with van der Waals surface area (Å²) in [7, 11) is 7.25. The van der Waals surface area contributed by atoms with Crippen LogP contribution in [-0.4, -0.2) is 58.0 Å². The van der Waals surface area contributed by atoms with Crippen molar-refractivity contribution in [1.29, 1.82) is 0 Å². The quantitative estimate of drug-likeness (QED) is 0.733. The fourth-order valence-electron chi connectivity index (χ4n) is 1.82. The van der Waals surface area contributed by atoms with Crippen molar-refractivity contribution < 1.29 is 14.6 Å². The molecule has 0 aliphatic rings. The molecule has 2 N–H and O–H groups in total. The highest BCUT2D eigenvalue weighted by Crippen LogP contribution is 2.29. The van der Waals surface area contributed by atoms with Crippen LogP contribution >= 0.6 is 0 Å². The number of hydrogen-bond acceptors (Lipinski definition) is 5. The molecule has 0 amide bonds. The second-order valence-electron chi connectivity index (χ2n) is 4.61. The Morgan fingerprint density at radius 2 is 1.89 bits per heavy atom. The molecule has 0 heterocycles. The van der Waals surface area contributed by atoms with Gasteiger partial charge in [0.25, 0.3) is 0 Å². The number of nitrogens with one attached hydrogen (secondary N) is 1. The minimum Gasteiger partial charge on any atom is -0.493 e. The van der Waals surface area contributed by atoms with Gasteiger partial charge in [0.15, 0.2) is 11.5 Å². The molecule has 1 rings (SSSR count). The van der Waals surface area contributed by atoms with Crippen molar-refractivity contribution in [3.8, 4) is 11.5 Å². The first kappa shape index (κ1) is 15.8. The Balaban J connectivity index is 2.75. The first-order valence-corrected chi connectivity index (χ1v) is 6.33. The molecule has 0 aromatic heterocycles. The lowest BCUT2D eigenvalue weighted by Crippen LogP contribution is -2.31. The van der Waals surface area contributed by atoms with Crippen LogP contribution in [0.5, 0.6) is 11.5 Å². The number of likely N-dealkylation sites (N-methyl/N-ethyl adjacent to an activating group) is 1. The van der Waals surface area contributed by atoms with Gasteiger partial charge in [-0.1, -0.05) is 6.07 Å². The minimum absolute atomic E-state index is 0.0446. The average Bonchev–Trinajstić information content (AvgIpc) is 2.42. The molecule has 0 radical (unpaired) electrons. The van der Waals surface area contributed by atoms with Crippen molar-refractivity contribution in [2.75, 3.05) is 48.0 Å². The zero-order valence-corrected chi connectivity index (χ0v) is 12.1. The molecule has 0 spiro atoms. The first-order valence-electron chi connectivity index (χ1n) is 6.33. The van der Waals surface area contributed by atoms with Crippen molar-refractivity contribution in [1.82, 2.24) is 10.2 Å². The second kappa shape index (κ2) is 7.99. The lowest BCUT2D eigenvalue weighted by atomic mass is 10.1. The molecule has 1 aromatic rings. The fourth-order valence-corrected chi connectivity index (χ4v) is 1.82. The van der Waals surface area contributed by atoms with E-state index in [1.807, 2.05) is 32.3 Å². The van der Waals surface area contributed by atoms with Gasteiger partial charge in [0.1, 0.15) is 0 Å². The summed E-state index contributed by atoms with van der Waals surface area (Å²) < 4.78 is 10.5. The van der Waals surface area contributed by atoms with E-state index in [2.05, 4.69) is 10.2 Å². The summed E-state index contributed by atoms with van der Waals surface area (Å²) in [6.07, 6.45) is 0. The molecule has 108 valence electrons. The largest absolute Gasteiger partial charge is 0.493 e. The summed E-state index contributed by atoms with van der Waals surface area (Å²) in [4.78, 5) is 2.09. The van der Waals surface area contributed by atoms with Crippen LogP contribution in [0.25, 0.3) is 0 Å². The number of ether oxygens (including phenoxy) is 2. The van der Waals surface area contributed by atoms with E-state index in [0.717, 1.165) is 18.7 Å². The van der Waals surface area contributed by atoms with Gasteiger partial charge in [-0.3, -0.25) is 0 Å². The maximum Gasteiger partial charge on any atom is 0.161 e. The second-order valence-corrected chi connectivity index (χ2v) is 4.61.